The van der Waals surface area contributed by atoms with E-state index < -0.39 is 28.9 Å². The molecular weight excluding hydrogens is 299 g/mol. The Balaban J connectivity index is 2.40. The second-order valence-corrected chi connectivity index (χ2v) is 4.61. The molecule has 1 fully saturated rings. The van der Waals surface area contributed by atoms with E-state index in [0.29, 0.717) is 19.4 Å². The molecule has 0 N–H and O–H groups in total. The van der Waals surface area contributed by atoms with Crippen molar-refractivity contribution in [3.05, 3.63) is 17.0 Å². The van der Waals surface area contributed by atoms with Crippen LogP contribution < -0.4 is 4.90 Å². The van der Waals surface area contributed by atoms with E-state index in [9.17, 15) is 18.0 Å². The largest absolute Gasteiger partial charge is 0.467 e. The lowest BCUT2D eigenvalue weighted by atomic mass is 10.2. The van der Waals surface area contributed by atoms with Gasteiger partial charge in [-0.05, 0) is 12.8 Å². The van der Waals surface area contributed by atoms with Gasteiger partial charge in [-0.1, -0.05) is 11.6 Å². The van der Waals surface area contributed by atoms with Gasteiger partial charge < -0.3 is 9.64 Å². The van der Waals surface area contributed by atoms with Crippen molar-refractivity contribution >= 4 is 23.4 Å². The zero-order chi connectivity index (χ0) is 14.9. The Morgan fingerprint density at radius 2 is 2.20 bits per heavy atom. The molecule has 5 nitrogen and oxygen atoms in total. The van der Waals surface area contributed by atoms with Crippen LogP contribution in [0, 0.1) is 0 Å². The number of nitrogens with zero attached hydrogens (tertiary/aromatic N) is 3. The van der Waals surface area contributed by atoms with Gasteiger partial charge in [0.2, 0.25) is 0 Å². The van der Waals surface area contributed by atoms with Crippen molar-refractivity contribution in [1.29, 1.82) is 0 Å². The number of ether oxygens (including phenoxy) is 1. The van der Waals surface area contributed by atoms with E-state index in [0.717, 1.165) is 6.33 Å². The fourth-order valence-electron chi connectivity index (χ4n) is 2.16. The first-order valence-electron chi connectivity index (χ1n) is 5.78. The van der Waals surface area contributed by atoms with E-state index in [1.54, 1.807) is 0 Å². The molecule has 1 aromatic heterocycles. The third-order valence-corrected chi connectivity index (χ3v) is 3.39. The van der Waals surface area contributed by atoms with Gasteiger partial charge in [-0.2, -0.15) is 13.2 Å². The van der Waals surface area contributed by atoms with Gasteiger partial charge in [0.25, 0.3) is 0 Å². The summed E-state index contributed by atoms with van der Waals surface area (Å²) in [5, 5.41) is -0.601. The summed E-state index contributed by atoms with van der Waals surface area (Å²) in [7, 11) is 1.22. The molecule has 0 aromatic carbocycles. The number of carbonyl (C=O) groups is 1. The zero-order valence-electron chi connectivity index (χ0n) is 10.4. The third kappa shape index (κ3) is 2.65. The molecule has 0 aliphatic carbocycles. The summed E-state index contributed by atoms with van der Waals surface area (Å²) in [6, 6.07) is -0.673. The van der Waals surface area contributed by atoms with Crippen LogP contribution in [0.3, 0.4) is 0 Å². The number of hydrogen-bond acceptors (Lipinski definition) is 5. The van der Waals surface area contributed by atoms with Crippen molar-refractivity contribution in [1.82, 2.24) is 9.97 Å². The highest BCUT2D eigenvalue weighted by Crippen LogP contribution is 2.38. The van der Waals surface area contributed by atoms with Crippen LogP contribution in [0.5, 0.6) is 0 Å². The lowest BCUT2D eigenvalue weighted by Crippen LogP contribution is -2.37. The molecule has 1 aliphatic rings. The number of anilines is 1. The number of hydrogen-bond donors (Lipinski definition) is 0. The summed E-state index contributed by atoms with van der Waals surface area (Å²) in [5.74, 6) is -0.618. The first-order valence-corrected chi connectivity index (χ1v) is 6.16. The van der Waals surface area contributed by atoms with Gasteiger partial charge >= 0.3 is 12.1 Å². The maximum Gasteiger partial charge on any atom is 0.435 e. The smallest absolute Gasteiger partial charge is 0.435 e. The molecular formula is C11H11ClF3N3O2. The van der Waals surface area contributed by atoms with Gasteiger partial charge in [0.15, 0.2) is 11.5 Å². The van der Waals surface area contributed by atoms with Gasteiger partial charge in [0.1, 0.15) is 17.4 Å². The zero-order valence-corrected chi connectivity index (χ0v) is 11.2. The van der Waals surface area contributed by atoms with E-state index in [1.807, 2.05) is 0 Å². The second kappa shape index (κ2) is 5.43. The summed E-state index contributed by atoms with van der Waals surface area (Å²) in [6.45, 7) is 0.383. The van der Waals surface area contributed by atoms with E-state index in [2.05, 4.69) is 14.7 Å². The molecule has 2 rings (SSSR count). The summed E-state index contributed by atoms with van der Waals surface area (Å²) in [6.07, 6.45) is -2.76. The molecule has 0 bridgehead atoms. The van der Waals surface area contributed by atoms with Crippen LogP contribution in [0.4, 0.5) is 19.0 Å². The van der Waals surface area contributed by atoms with E-state index in [-0.39, 0.29) is 5.82 Å². The monoisotopic (exact) mass is 309 g/mol. The van der Waals surface area contributed by atoms with Crippen LogP contribution in [0.1, 0.15) is 18.5 Å². The predicted molar refractivity (Wildman–Crippen MR) is 64.4 cm³/mol. The number of alkyl halides is 3. The fourth-order valence-corrected chi connectivity index (χ4v) is 2.47. The molecule has 1 aliphatic heterocycles. The first kappa shape index (κ1) is 14.8. The molecule has 20 heavy (non-hydrogen) atoms. The van der Waals surface area contributed by atoms with Crippen LogP contribution in [-0.4, -0.2) is 35.6 Å². The minimum absolute atomic E-state index is 0.0955. The number of carbonyl (C=O) groups excluding carboxylic acids is 1. The lowest BCUT2D eigenvalue weighted by Gasteiger charge is -2.25. The second-order valence-electron chi connectivity index (χ2n) is 4.23. The minimum Gasteiger partial charge on any atom is -0.467 e. The molecule has 1 atom stereocenters. The maximum atomic E-state index is 12.8. The lowest BCUT2D eigenvalue weighted by molar-refractivity contribution is -0.142. The van der Waals surface area contributed by atoms with Gasteiger partial charge in [-0.15, -0.1) is 0 Å². The molecule has 0 unspecified atom stereocenters. The molecule has 2 heterocycles. The molecule has 1 saturated heterocycles. The number of methoxy groups -OCH3 is 1. The Labute approximate surface area is 117 Å². The topological polar surface area (TPSA) is 55.3 Å². The SMILES string of the molecule is COC(=O)[C@@H]1CCCN1c1ncnc(C(F)(F)F)c1Cl. The van der Waals surface area contributed by atoms with Crippen molar-refractivity contribution in [2.24, 2.45) is 0 Å². The van der Waals surface area contributed by atoms with Crippen LogP contribution in [0.2, 0.25) is 5.02 Å². The van der Waals surface area contributed by atoms with Gasteiger partial charge in [-0.3, -0.25) is 0 Å². The highest BCUT2D eigenvalue weighted by Gasteiger charge is 2.40. The van der Waals surface area contributed by atoms with Crippen molar-refractivity contribution < 1.29 is 22.7 Å². The Morgan fingerprint density at radius 1 is 1.50 bits per heavy atom. The first-order chi connectivity index (χ1) is 9.36. The van der Waals surface area contributed by atoms with Crippen LogP contribution in [0.15, 0.2) is 6.33 Å². The summed E-state index contributed by atoms with van der Waals surface area (Å²) >= 11 is 5.75. The normalized spacial score (nSPS) is 19.2. The number of esters is 1. The van der Waals surface area contributed by atoms with Crippen molar-refractivity contribution in [3.63, 3.8) is 0 Å². The fraction of sp³-hybridized carbons (Fsp3) is 0.545. The Hall–Kier alpha value is -1.57. The summed E-state index contributed by atoms with van der Waals surface area (Å²) in [5.41, 5.74) is -1.21. The number of halogens is 4. The highest BCUT2D eigenvalue weighted by atomic mass is 35.5. The molecule has 9 heteroatoms. The van der Waals surface area contributed by atoms with Gasteiger partial charge in [0.05, 0.1) is 7.11 Å². The maximum absolute atomic E-state index is 12.8. The Kier molecular flexibility index (Phi) is 4.03. The average Bonchev–Trinajstić information content (AvgIpc) is 2.85. The molecule has 0 spiro atoms. The molecule has 0 saturated carbocycles. The van der Waals surface area contributed by atoms with E-state index in [1.165, 1.54) is 12.0 Å². The number of aromatic nitrogens is 2. The van der Waals surface area contributed by atoms with Crippen molar-refractivity contribution in [2.75, 3.05) is 18.6 Å². The Bertz CT molecular complexity index is 524. The third-order valence-electron chi connectivity index (χ3n) is 3.04. The van der Waals surface area contributed by atoms with Crippen LogP contribution in [0.25, 0.3) is 0 Å². The average molecular weight is 310 g/mol. The predicted octanol–water partition coefficient (Wildman–Crippen LogP) is 2.29. The van der Waals surface area contributed by atoms with Gasteiger partial charge in [-0.25, -0.2) is 14.8 Å². The highest BCUT2D eigenvalue weighted by molar-refractivity contribution is 6.33. The molecule has 0 amide bonds. The molecule has 110 valence electrons. The van der Waals surface area contributed by atoms with E-state index in [4.69, 9.17) is 11.6 Å². The number of rotatable bonds is 2. The minimum atomic E-state index is -4.67. The van der Waals surface area contributed by atoms with Crippen molar-refractivity contribution in [2.45, 2.75) is 25.1 Å². The quantitative estimate of drug-likeness (QED) is 0.785. The molecule has 0 radical (unpaired) electrons. The van der Waals surface area contributed by atoms with Crippen LogP contribution >= 0.6 is 11.6 Å². The summed E-state index contributed by atoms with van der Waals surface area (Å²) in [4.78, 5) is 20.0. The van der Waals surface area contributed by atoms with E-state index >= 15 is 0 Å². The van der Waals surface area contributed by atoms with Gasteiger partial charge in [0, 0.05) is 6.54 Å². The van der Waals surface area contributed by atoms with Crippen molar-refractivity contribution in [3.8, 4) is 0 Å². The standard InChI is InChI=1S/C11H11ClF3N3O2/c1-20-10(19)6-3-2-4-18(6)9-7(12)8(11(13,14)15)16-5-17-9/h5-6H,2-4H2,1H3/t6-/m0/s1. The molecule has 1 aromatic rings. The summed E-state index contributed by atoms with van der Waals surface area (Å²) < 4.78 is 42.9. The van der Waals surface area contributed by atoms with Crippen LogP contribution in [-0.2, 0) is 15.7 Å². The Morgan fingerprint density at radius 3 is 2.80 bits per heavy atom.